The zero-order valence-electron chi connectivity index (χ0n) is 14.5. The lowest BCUT2D eigenvalue weighted by atomic mass is 10.3. The third kappa shape index (κ3) is 4.95. The highest BCUT2D eigenvalue weighted by Gasteiger charge is 2.22. The fourth-order valence-electron chi connectivity index (χ4n) is 2.72. The Morgan fingerprint density at radius 3 is 2.44 bits per heavy atom. The van der Waals surface area contributed by atoms with E-state index >= 15 is 0 Å². The van der Waals surface area contributed by atoms with Crippen molar-refractivity contribution in [2.24, 2.45) is 0 Å². The molecule has 1 aromatic carbocycles. The highest BCUT2D eigenvalue weighted by atomic mass is 35.7. The summed E-state index contributed by atoms with van der Waals surface area (Å²) in [6, 6.07) is 16.7. The SMILES string of the molecule is Cc1cc(C=C2Sc3ccccc3N2C)nc2cccc[n+]12.[O-][Cl+3]([O-])([O-])[O-]. The molecular formula is C18H16ClN3O4S. The number of nitrogens with zero attached hydrogens (tertiary/aromatic N) is 3. The van der Waals surface area contributed by atoms with Gasteiger partial charge in [0.15, 0.2) is 5.69 Å². The fraction of sp³-hybridized carbons (Fsp3) is 0.111. The van der Waals surface area contributed by atoms with Gasteiger partial charge < -0.3 is 4.90 Å². The lowest BCUT2D eigenvalue weighted by Gasteiger charge is -2.17. The van der Waals surface area contributed by atoms with Crippen molar-refractivity contribution in [1.29, 1.82) is 0 Å². The van der Waals surface area contributed by atoms with E-state index in [1.165, 1.54) is 21.3 Å². The van der Waals surface area contributed by atoms with Gasteiger partial charge in [-0.25, -0.2) is 23.0 Å². The Bertz CT molecular complexity index is 1000. The highest BCUT2D eigenvalue weighted by Crippen LogP contribution is 2.45. The Hall–Kier alpha value is -2.20. The van der Waals surface area contributed by atoms with Gasteiger partial charge in [-0.1, -0.05) is 30.0 Å². The van der Waals surface area contributed by atoms with Crippen LogP contribution in [0.4, 0.5) is 5.69 Å². The van der Waals surface area contributed by atoms with Gasteiger partial charge in [0.2, 0.25) is 0 Å². The first kappa shape index (κ1) is 19.6. The molecule has 0 saturated heterocycles. The zero-order chi connectivity index (χ0) is 19.6. The minimum atomic E-state index is -4.94. The molecule has 0 fully saturated rings. The van der Waals surface area contributed by atoms with E-state index in [9.17, 15) is 0 Å². The van der Waals surface area contributed by atoms with Crippen LogP contribution in [0.1, 0.15) is 11.4 Å². The monoisotopic (exact) mass is 405 g/mol. The second-order valence-electron chi connectivity index (χ2n) is 5.74. The predicted molar refractivity (Wildman–Crippen MR) is 90.8 cm³/mol. The molecule has 0 saturated carbocycles. The summed E-state index contributed by atoms with van der Waals surface area (Å²) in [6.45, 7) is 2.11. The number of halogens is 1. The van der Waals surface area contributed by atoms with Crippen LogP contribution >= 0.6 is 11.8 Å². The Morgan fingerprint density at radius 2 is 1.74 bits per heavy atom. The molecule has 0 amide bonds. The number of aromatic nitrogens is 2. The molecule has 0 N–H and O–H groups in total. The lowest BCUT2D eigenvalue weighted by Crippen LogP contribution is -2.68. The minimum Gasteiger partial charge on any atom is -0.338 e. The molecule has 27 heavy (non-hydrogen) atoms. The molecule has 3 heterocycles. The maximum Gasteiger partial charge on any atom is 0.328 e. The second kappa shape index (κ2) is 7.81. The van der Waals surface area contributed by atoms with Crippen molar-refractivity contribution in [2.45, 2.75) is 11.8 Å². The summed E-state index contributed by atoms with van der Waals surface area (Å²) < 4.78 is 36.1. The van der Waals surface area contributed by atoms with E-state index in [2.05, 4.69) is 59.7 Å². The van der Waals surface area contributed by atoms with Crippen LogP contribution < -0.4 is 27.9 Å². The van der Waals surface area contributed by atoms with Crippen molar-refractivity contribution < 1.29 is 33.3 Å². The van der Waals surface area contributed by atoms with Crippen molar-refractivity contribution >= 4 is 29.2 Å². The average Bonchev–Trinajstić information content (AvgIpc) is 2.90. The fourth-order valence-corrected chi connectivity index (χ4v) is 3.82. The molecule has 140 valence electrons. The van der Waals surface area contributed by atoms with Gasteiger partial charge in [0.1, 0.15) is 5.69 Å². The van der Waals surface area contributed by atoms with Gasteiger partial charge in [-0.15, -0.1) is 10.2 Å². The van der Waals surface area contributed by atoms with Gasteiger partial charge >= 0.3 is 5.65 Å². The van der Waals surface area contributed by atoms with Gasteiger partial charge in [-0.2, -0.15) is 0 Å². The molecule has 3 aromatic rings. The van der Waals surface area contributed by atoms with Crippen molar-refractivity contribution in [3.63, 3.8) is 0 Å². The second-order valence-corrected chi connectivity index (χ2v) is 7.56. The Kier molecular flexibility index (Phi) is 5.66. The minimum absolute atomic E-state index is 0.970. The number of rotatable bonds is 1. The van der Waals surface area contributed by atoms with Crippen LogP contribution in [0.15, 0.2) is 64.7 Å². The number of fused-ring (bicyclic) bond motifs is 2. The van der Waals surface area contributed by atoms with E-state index < -0.39 is 10.2 Å². The van der Waals surface area contributed by atoms with Gasteiger partial charge in [-0.05, 0) is 30.1 Å². The number of para-hydroxylation sites is 1. The van der Waals surface area contributed by atoms with Crippen molar-refractivity contribution in [2.75, 3.05) is 11.9 Å². The molecule has 4 rings (SSSR count). The van der Waals surface area contributed by atoms with Gasteiger partial charge in [0.05, 0.1) is 16.9 Å². The van der Waals surface area contributed by atoms with Gasteiger partial charge in [0.25, 0.3) is 0 Å². The quantitative estimate of drug-likeness (QED) is 0.473. The third-order valence-electron chi connectivity index (χ3n) is 3.86. The van der Waals surface area contributed by atoms with E-state index in [1.54, 1.807) is 11.8 Å². The van der Waals surface area contributed by atoms with Crippen molar-refractivity contribution in [1.82, 2.24) is 4.98 Å². The number of hydrogen-bond acceptors (Lipinski definition) is 7. The number of anilines is 1. The maximum atomic E-state index is 8.49. The van der Waals surface area contributed by atoms with Crippen LogP contribution in [-0.4, -0.2) is 12.0 Å². The summed E-state index contributed by atoms with van der Waals surface area (Å²) in [5.74, 6) is 0. The summed E-state index contributed by atoms with van der Waals surface area (Å²) in [4.78, 5) is 8.26. The Balaban J connectivity index is 0.000000376. The number of benzene rings is 1. The molecule has 0 spiro atoms. The first-order valence-corrected chi connectivity index (χ1v) is 9.89. The summed E-state index contributed by atoms with van der Waals surface area (Å²) in [5, 5.41) is 1.20. The molecule has 7 nitrogen and oxygen atoms in total. The van der Waals surface area contributed by atoms with Gasteiger partial charge in [-0.3, -0.25) is 0 Å². The highest BCUT2D eigenvalue weighted by molar-refractivity contribution is 8.03. The van der Waals surface area contributed by atoms with Crippen LogP contribution in [0.25, 0.3) is 11.7 Å². The molecule has 0 radical (unpaired) electrons. The molecule has 1 aliphatic rings. The summed E-state index contributed by atoms with van der Waals surface area (Å²) in [6.07, 6.45) is 4.20. The predicted octanol–water partition coefficient (Wildman–Crippen LogP) is -1.09. The van der Waals surface area contributed by atoms with Crippen molar-refractivity contribution in [3.05, 3.63) is 71.1 Å². The molecular weight excluding hydrogens is 390 g/mol. The van der Waals surface area contributed by atoms with E-state index in [0.29, 0.717) is 0 Å². The Labute approximate surface area is 162 Å². The smallest absolute Gasteiger partial charge is 0.328 e. The molecule has 1 aliphatic heterocycles. The molecule has 0 atom stereocenters. The molecule has 0 aliphatic carbocycles. The first-order chi connectivity index (χ1) is 12.7. The van der Waals surface area contributed by atoms with Crippen LogP contribution in [0.3, 0.4) is 0 Å². The van der Waals surface area contributed by atoms with Crippen LogP contribution in [-0.2, 0) is 0 Å². The van der Waals surface area contributed by atoms with E-state index in [4.69, 9.17) is 23.6 Å². The molecule has 0 unspecified atom stereocenters. The van der Waals surface area contributed by atoms with Crippen LogP contribution in [0, 0.1) is 17.2 Å². The number of hydrogen-bond donors (Lipinski definition) is 0. The molecule has 0 bridgehead atoms. The van der Waals surface area contributed by atoms with E-state index in [-0.39, 0.29) is 0 Å². The molecule has 2 aromatic heterocycles. The zero-order valence-corrected chi connectivity index (χ0v) is 16.1. The number of thioether (sulfide) groups is 1. The third-order valence-corrected chi connectivity index (χ3v) is 5.03. The summed E-state index contributed by atoms with van der Waals surface area (Å²) in [5.41, 5.74) is 4.40. The maximum absolute atomic E-state index is 8.49. The van der Waals surface area contributed by atoms with E-state index in [0.717, 1.165) is 11.3 Å². The van der Waals surface area contributed by atoms with Gasteiger partial charge in [0, 0.05) is 30.2 Å². The summed E-state index contributed by atoms with van der Waals surface area (Å²) >= 11 is 1.79. The largest absolute Gasteiger partial charge is 0.338 e. The molecule has 9 heteroatoms. The standard InChI is InChI=1S/C18H16N3S.ClHO4/c1-13-11-14(19-17-9-5-6-10-21(13)17)12-18-20(2)15-7-3-4-8-16(15)22-18;2-1(3,4)5/h3-12H,1-2H3;(H,2,3,4,5)/q+1;/p-1. The number of pyridine rings is 1. The normalized spacial score (nSPS) is 14.9. The first-order valence-electron chi connectivity index (χ1n) is 7.84. The topological polar surface area (TPSA) is 112 Å². The Morgan fingerprint density at radius 1 is 1.07 bits per heavy atom. The average molecular weight is 406 g/mol. The number of aryl methyl sites for hydroxylation is 1. The lowest BCUT2D eigenvalue weighted by molar-refractivity contribution is -2.00. The van der Waals surface area contributed by atoms with Crippen LogP contribution in [0.5, 0.6) is 0 Å². The van der Waals surface area contributed by atoms with E-state index in [1.807, 2.05) is 24.4 Å². The summed E-state index contributed by atoms with van der Waals surface area (Å²) in [7, 11) is -2.84. The van der Waals surface area contributed by atoms with Crippen molar-refractivity contribution in [3.8, 4) is 0 Å². The van der Waals surface area contributed by atoms with Crippen LogP contribution in [0.2, 0.25) is 0 Å².